The lowest BCUT2D eigenvalue weighted by atomic mass is 9.97. The van der Waals surface area contributed by atoms with Crippen LogP contribution in [0.4, 0.5) is 10.2 Å². The summed E-state index contributed by atoms with van der Waals surface area (Å²) < 4.78 is 18.8. The van der Waals surface area contributed by atoms with Crippen LogP contribution in [0.25, 0.3) is 0 Å². The van der Waals surface area contributed by atoms with Crippen molar-refractivity contribution in [3.05, 3.63) is 52.7 Å². The van der Waals surface area contributed by atoms with E-state index in [2.05, 4.69) is 18.7 Å². The molecule has 1 aromatic heterocycles. The van der Waals surface area contributed by atoms with E-state index in [1.165, 1.54) is 12.1 Å². The Bertz CT molecular complexity index is 918. The minimum Gasteiger partial charge on any atom is -0.381 e. The molecule has 2 fully saturated rings. The van der Waals surface area contributed by atoms with Crippen molar-refractivity contribution >= 4 is 11.7 Å². The Morgan fingerprint density at radius 1 is 1.16 bits per heavy atom. The summed E-state index contributed by atoms with van der Waals surface area (Å²) in [5.41, 5.74) is 3.16. The third-order valence-corrected chi connectivity index (χ3v) is 6.14. The van der Waals surface area contributed by atoms with Gasteiger partial charge in [0.15, 0.2) is 0 Å². The van der Waals surface area contributed by atoms with Crippen molar-refractivity contribution in [2.24, 2.45) is 5.92 Å². The van der Waals surface area contributed by atoms with Gasteiger partial charge in [0.2, 0.25) is 5.91 Å². The molecule has 2 saturated heterocycles. The molecule has 1 aromatic carbocycles. The lowest BCUT2D eigenvalue weighted by Gasteiger charge is -2.37. The van der Waals surface area contributed by atoms with Gasteiger partial charge in [-0.3, -0.25) is 4.79 Å². The Morgan fingerprint density at radius 2 is 1.87 bits per heavy atom. The van der Waals surface area contributed by atoms with Gasteiger partial charge in [0.25, 0.3) is 0 Å². The summed E-state index contributed by atoms with van der Waals surface area (Å²) in [5, 5.41) is 0. The Balaban J connectivity index is 1.57. The van der Waals surface area contributed by atoms with Crippen molar-refractivity contribution in [1.82, 2.24) is 14.9 Å². The summed E-state index contributed by atoms with van der Waals surface area (Å²) in [7, 11) is 0. The monoisotopic (exact) mass is 426 g/mol. The number of nitrogens with zero attached hydrogens (tertiary/aromatic N) is 4. The van der Waals surface area contributed by atoms with Gasteiger partial charge in [0.1, 0.15) is 17.5 Å². The topological polar surface area (TPSA) is 58.6 Å². The van der Waals surface area contributed by atoms with Gasteiger partial charge in [-0.15, -0.1) is 0 Å². The highest BCUT2D eigenvalue weighted by atomic mass is 19.1. The molecule has 7 heteroatoms. The van der Waals surface area contributed by atoms with Gasteiger partial charge in [0, 0.05) is 44.8 Å². The number of ether oxygens (including phenoxy) is 1. The fourth-order valence-corrected chi connectivity index (χ4v) is 4.44. The van der Waals surface area contributed by atoms with E-state index in [1.807, 2.05) is 24.0 Å². The number of hydrogen-bond acceptors (Lipinski definition) is 5. The first-order valence-electron chi connectivity index (χ1n) is 11.2. The van der Waals surface area contributed by atoms with Crippen LogP contribution in [0.15, 0.2) is 24.3 Å². The molecule has 0 aliphatic carbocycles. The van der Waals surface area contributed by atoms with Crippen LogP contribution in [0.3, 0.4) is 0 Å². The zero-order valence-corrected chi connectivity index (χ0v) is 18.6. The zero-order chi connectivity index (χ0) is 22.0. The predicted octanol–water partition coefficient (Wildman–Crippen LogP) is 3.32. The van der Waals surface area contributed by atoms with E-state index in [9.17, 15) is 9.18 Å². The number of rotatable bonds is 5. The first-order chi connectivity index (χ1) is 14.9. The van der Waals surface area contributed by atoms with E-state index in [-0.39, 0.29) is 23.6 Å². The molecule has 1 atom stereocenters. The normalized spacial score (nSPS) is 19.3. The predicted molar refractivity (Wildman–Crippen MR) is 118 cm³/mol. The summed E-state index contributed by atoms with van der Waals surface area (Å²) in [4.78, 5) is 26.6. The Labute approximate surface area is 183 Å². The Morgan fingerprint density at radius 3 is 2.48 bits per heavy atom. The first kappa shape index (κ1) is 21.7. The van der Waals surface area contributed by atoms with E-state index in [0.717, 1.165) is 48.0 Å². The second-order valence-corrected chi connectivity index (χ2v) is 8.79. The largest absolute Gasteiger partial charge is 0.381 e. The van der Waals surface area contributed by atoms with Crippen molar-refractivity contribution in [1.29, 1.82) is 0 Å². The number of benzene rings is 1. The summed E-state index contributed by atoms with van der Waals surface area (Å²) in [6.07, 6.45) is 1.48. The molecule has 0 radical (unpaired) electrons. The smallest absolute Gasteiger partial charge is 0.228 e. The number of amides is 1. The summed E-state index contributed by atoms with van der Waals surface area (Å²) in [6.45, 7) is 10.3. The van der Waals surface area contributed by atoms with Crippen molar-refractivity contribution in [2.45, 2.75) is 39.5 Å². The van der Waals surface area contributed by atoms with E-state index in [0.29, 0.717) is 32.7 Å². The van der Waals surface area contributed by atoms with Crippen LogP contribution >= 0.6 is 0 Å². The van der Waals surface area contributed by atoms with Crippen LogP contribution in [0, 0.1) is 18.7 Å². The fraction of sp³-hybridized carbons (Fsp3) is 0.542. The summed E-state index contributed by atoms with van der Waals surface area (Å²) in [6, 6.07) is 6.64. The second-order valence-electron chi connectivity index (χ2n) is 8.79. The Kier molecular flexibility index (Phi) is 6.51. The van der Waals surface area contributed by atoms with Crippen LogP contribution in [0.2, 0.25) is 0 Å². The van der Waals surface area contributed by atoms with Crippen molar-refractivity contribution in [3.63, 3.8) is 0 Å². The zero-order valence-electron chi connectivity index (χ0n) is 18.6. The minimum atomic E-state index is -0.235. The van der Waals surface area contributed by atoms with E-state index in [4.69, 9.17) is 14.7 Å². The van der Waals surface area contributed by atoms with Crippen molar-refractivity contribution < 1.29 is 13.9 Å². The maximum Gasteiger partial charge on any atom is 0.228 e. The highest BCUT2D eigenvalue weighted by molar-refractivity contribution is 5.79. The van der Waals surface area contributed by atoms with E-state index < -0.39 is 0 Å². The molecule has 3 heterocycles. The van der Waals surface area contributed by atoms with Crippen LogP contribution in [-0.2, 0) is 16.0 Å². The average Bonchev–Trinajstić information content (AvgIpc) is 3.30. The van der Waals surface area contributed by atoms with Crippen LogP contribution in [0.5, 0.6) is 0 Å². The number of hydrogen-bond donors (Lipinski definition) is 0. The molecule has 4 rings (SSSR count). The first-order valence-corrected chi connectivity index (χ1v) is 11.2. The van der Waals surface area contributed by atoms with Crippen molar-refractivity contribution in [2.75, 3.05) is 44.3 Å². The van der Waals surface area contributed by atoms with E-state index >= 15 is 0 Å². The number of halogens is 1. The highest BCUT2D eigenvalue weighted by Gasteiger charge is 2.31. The molecular weight excluding hydrogens is 395 g/mol. The molecule has 0 N–H and O–H groups in total. The van der Waals surface area contributed by atoms with Crippen molar-refractivity contribution in [3.8, 4) is 0 Å². The molecule has 0 spiro atoms. The summed E-state index contributed by atoms with van der Waals surface area (Å²) >= 11 is 0. The molecule has 6 nitrogen and oxygen atoms in total. The number of carbonyl (C=O) groups is 1. The standard InChI is InChI=1S/C24H31FN4O2/c1-16(2)22-21(14-18-4-6-20(25)7-5-18)23(27-17(3)26-22)28-9-11-29(12-10-28)24(30)19-8-13-31-15-19/h4-7,16,19H,8-15H2,1-3H3/t19-/m0/s1. The van der Waals surface area contributed by atoms with Gasteiger partial charge in [-0.05, 0) is 37.0 Å². The number of aromatic nitrogens is 2. The molecule has 0 saturated carbocycles. The number of anilines is 1. The van der Waals surface area contributed by atoms with Crippen LogP contribution in [0.1, 0.15) is 48.8 Å². The third-order valence-electron chi connectivity index (χ3n) is 6.14. The van der Waals surface area contributed by atoms with Gasteiger partial charge in [-0.25, -0.2) is 14.4 Å². The quantitative estimate of drug-likeness (QED) is 0.734. The molecule has 1 amide bonds. The lowest BCUT2D eigenvalue weighted by molar-refractivity contribution is -0.135. The number of piperazine rings is 1. The molecule has 0 unspecified atom stereocenters. The van der Waals surface area contributed by atoms with Gasteiger partial charge in [-0.1, -0.05) is 26.0 Å². The molecule has 0 bridgehead atoms. The molecule has 2 aliphatic rings. The molecule has 2 aromatic rings. The SMILES string of the molecule is Cc1nc(C(C)C)c(Cc2ccc(F)cc2)c(N2CCN(C(=O)[C@H]3CCOC3)CC2)n1. The average molecular weight is 427 g/mol. The summed E-state index contributed by atoms with van der Waals surface area (Å²) in [5.74, 6) is 1.93. The molecule has 31 heavy (non-hydrogen) atoms. The highest BCUT2D eigenvalue weighted by Crippen LogP contribution is 2.30. The molecule has 2 aliphatic heterocycles. The minimum absolute atomic E-state index is 0.00873. The fourth-order valence-electron chi connectivity index (χ4n) is 4.44. The van der Waals surface area contributed by atoms with E-state index in [1.54, 1.807) is 0 Å². The number of aryl methyl sites for hydroxylation is 1. The van der Waals surface area contributed by atoms with Gasteiger partial charge < -0.3 is 14.5 Å². The van der Waals surface area contributed by atoms with Crippen LogP contribution in [-0.4, -0.2) is 60.2 Å². The number of carbonyl (C=O) groups excluding carboxylic acids is 1. The van der Waals surface area contributed by atoms with Gasteiger partial charge in [-0.2, -0.15) is 0 Å². The van der Waals surface area contributed by atoms with Gasteiger partial charge in [0.05, 0.1) is 18.2 Å². The Hall–Kier alpha value is -2.54. The molecular formula is C24H31FN4O2. The third kappa shape index (κ3) is 4.87. The lowest BCUT2D eigenvalue weighted by Crippen LogP contribution is -2.51. The van der Waals surface area contributed by atoms with Crippen LogP contribution < -0.4 is 4.90 Å². The maximum absolute atomic E-state index is 13.4. The maximum atomic E-state index is 13.4. The molecule has 166 valence electrons. The second kappa shape index (κ2) is 9.30. The van der Waals surface area contributed by atoms with Gasteiger partial charge >= 0.3 is 0 Å².